The molecule has 0 aliphatic rings. The van der Waals surface area contributed by atoms with Crippen molar-refractivity contribution in [2.45, 2.75) is 6.54 Å². The molecule has 0 saturated heterocycles. The molecule has 0 radical (unpaired) electrons. The number of hydrogen-bond donors (Lipinski definition) is 1. The molecule has 2 nitrogen and oxygen atoms in total. The van der Waals surface area contributed by atoms with Gasteiger partial charge in [-0.3, -0.25) is 0 Å². The molecule has 2 aromatic rings. The van der Waals surface area contributed by atoms with E-state index in [9.17, 15) is 0 Å². The van der Waals surface area contributed by atoms with Crippen molar-refractivity contribution in [3.05, 3.63) is 57.5 Å². The number of halogens is 2. The van der Waals surface area contributed by atoms with E-state index in [-0.39, 0.29) is 0 Å². The molecule has 0 spiro atoms. The smallest absolute Gasteiger partial charge is 0.0789 e. The number of nitrogens with zero attached hydrogens (tertiary/aromatic N) is 1. The maximum atomic E-state index is 6.19. The second kappa shape index (κ2) is 5.63. The number of rotatable bonds is 3. The summed E-state index contributed by atoms with van der Waals surface area (Å²) in [5.74, 6) is 0. The minimum Gasteiger partial charge on any atom is -0.397 e. The maximum Gasteiger partial charge on any atom is 0.0789 e. The third-order valence-corrected chi connectivity index (χ3v) is 3.51. The molecule has 2 aromatic carbocycles. The summed E-state index contributed by atoms with van der Waals surface area (Å²) in [4.78, 5) is 2.06. The zero-order chi connectivity index (χ0) is 13.1. The van der Waals surface area contributed by atoms with Gasteiger partial charge in [0.2, 0.25) is 0 Å². The van der Waals surface area contributed by atoms with Crippen LogP contribution in [0.15, 0.2) is 46.9 Å². The third kappa shape index (κ3) is 2.98. The summed E-state index contributed by atoms with van der Waals surface area (Å²) < 4.78 is 1.07. The van der Waals surface area contributed by atoms with E-state index in [0.29, 0.717) is 10.7 Å². The summed E-state index contributed by atoms with van der Waals surface area (Å²) in [5, 5.41) is 0.674. The average Bonchev–Trinajstić information content (AvgIpc) is 2.28. The van der Waals surface area contributed by atoms with Crippen LogP contribution in [0.2, 0.25) is 5.02 Å². The summed E-state index contributed by atoms with van der Waals surface area (Å²) in [6.45, 7) is 0.757. The van der Waals surface area contributed by atoms with Crippen LogP contribution in [-0.2, 0) is 6.54 Å². The molecular weight excluding hydrogens is 312 g/mol. The first-order chi connectivity index (χ1) is 8.58. The minimum atomic E-state index is 0.674. The van der Waals surface area contributed by atoms with Crippen LogP contribution >= 0.6 is 27.5 Å². The number of nitrogen functional groups attached to an aromatic ring is 1. The molecule has 0 unspecified atom stereocenters. The van der Waals surface area contributed by atoms with Gasteiger partial charge in [-0.05, 0) is 29.8 Å². The molecule has 2 rings (SSSR count). The SMILES string of the molecule is CN(Cc1cccc(Br)c1)c1c(N)cccc1Cl. The Morgan fingerprint density at radius 2 is 1.94 bits per heavy atom. The number of anilines is 2. The number of nitrogens with two attached hydrogens (primary N) is 1. The van der Waals surface area contributed by atoms with Crippen molar-refractivity contribution in [2.24, 2.45) is 0 Å². The Balaban J connectivity index is 2.25. The van der Waals surface area contributed by atoms with Crippen LogP contribution < -0.4 is 10.6 Å². The van der Waals surface area contributed by atoms with Crippen LogP contribution in [0, 0.1) is 0 Å². The molecule has 4 heteroatoms. The Morgan fingerprint density at radius 3 is 2.61 bits per heavy atom. The van der Waals surface area contributed by atoms with E-state index in [2.05, 4.69) is 33.0 Å². The van der Waals surface area contributed by atoms with Crippen LogP contribution in [0.4, 0.5) is 11.4 Å². The Hall–Kier alpha value is -1.19. The lowest BCUT2D eigenvalue weighted by Gasteiger charge is -2.22. The van der Waals surface area contributed by atoms with Crippen LogP contribution in [0.25, 0.3) is 0 Å². The Bertz CT molecular complexity index is 537. The summed E-state index contributed by atoms with van der Waals surface area (Å²) >= 11 is 9.66. The second-order valence-corrected chi connectivity index (χ2v) is 5.49. The van der Waals surface area contributed by atoms with E-state index in [1.54, 1.807) is 0 Å². The summed E-state index contributed by atoms with van der Waals surface area (Å²) in [6, 6.07) is 13.8. The first-order valence-corrected chi connectivity index (χ1v) is 6.74. The number of para-hydroxylation sites is 1. The van der Waals surface area contributed by atoms with Crippen LogP contribution in [0.1, 0.15) is 5.56 Å². The topological polar surface area (TPSA) is 29.3 Å². The van der Waals surface area contributed by atoms with E-state index in [1.165, 1.54) is 5.56 Å². The molecule has 0 aliphatic carbocycles. The van der Waals surface area contributed by atoms with Gasteiger partial charge in [-0.25, -0.2) is 0 Å². The lowest BCUT2D eigenvalue weighted by molar-refractivity contribution is 0.924. The zero-order valence-electron chi connectivity index (χ0n) is 10.0. The highest BCUT2D eigenvalue weighted by atomic mass is 79.9. The van der Waals surface area contributed by atoms with E-state index >= 15 is 0 Å². The van der Waals surface area contributed by atoms with Gasteiger partial charge in [0.25, 0.3) is 0 Å². The second-order valence-electron chi connectivity index (χ2n) is 4.16. The number of benzene rings is 2. The van der Waals surface area contributed by atoms with Gasteiger partial charge in [0, 0.05) is 18.1 Å². The molecular formula is C14H14BrClN2. The van der Waals surface area contributed by atoms with Crippen molar-refractivity contribution in [3.63, 3.8) is 0 Å². The first kappa shape index (κ1) is 13.2. The Kier molecular flexibility index (Phi) is 4.15. The first-order valence-electron chi connectivity index (χ1n) is 5.57. The Morgan fingerprint density at radius 1 is 1.22 bits per heavy atom. The van der Waals surface area contributed by atoms with Gasteiger partial charge in [0.15, 0.2) is 0 Å². The molecule has 0 saturated carbocycles. The van der Waals surface area contributed by atoms with Gasteiger partial charge in [-0.1, -0.05) is 45.7 Å². The summed E-state index contributed by atoms with van der Waals surface area (Å²) in [6.07, 6.45) is 0. The highest BCUT2D eigenvalue weighted by Crippen LogP contribution is 2.32. The third-order valence-electron chi connectivity index (χ3n) is 2.71. The Labute approximate surface area is 120 Å². The highest BCUT2D eigenvalue weighted by Gasteiger charge is 2.10. The normalized spacial score (nSPS) is 10.4. The molecule has 0 fully saturated rings. The highest BCUT2D eigenvalue weighted by molar-refractivity contribution is 9.10. The standard InChI is InChI=1S/C14H14BrClN2/c1-18(9-10-4-2-5-11(15)8-10)14-12(16)6-3-7-13(14)17/h2-8H,9,17H2,1H3. The van der Waals surface area contributed by atoms with Gasteiger partial charge in [-0.2, -0.15) is 0 Å². The fourth-order valence-electron chi connectivity index (χ4n) is 1.92. The molecule has 94 valence electrons. The van der Waals surface area contributed by atoms with Crippen molar-refractivity contribution in [2.75, 3.05) is 17.7 Å². The lowest BCUT2D eigenvalue weighted by Crippen LogP contribution is -2.18. The van der Waals surface area contributed by atoms with Crippen LogP contribution in [-0.4, -0.2) is 7.05 Å². The molecule has 0 aliphatic heterocycles. The molecule has 0 aromatic heterocycles. The quantitative estimate of drug-likeness (QED) is 0.852. The molecule has 0 bridgehead atoms. The summed E-state index contributed by atoms with van der Waals surface area (Å²) in [7, 11) is 1.98. The van der Waals surface area contributed by atoms with Gasteiger partial charge >= 0.3 is 0 Å². The average molecular weight is 326 g/mol. The minimum absolute atomic E-state index is 0.674. The molecule has 0 amide bonds. The van der Waals surface area contributed by atoms with E-state index in [1.807, 2.05) is 37.4 Å². The zero-order valence-corrected chi connectivity index (χ0v) is 12.4. The van der Waals surface area contributed by atoms with Crippen molar-refractivity contribution < 1.29 is 0 Å². The molecule has 0 atom stereocenters. The lowest BCUT2D eigenvalue weighted by atomic mass is 10.2. The predicted molar refractivity (Wildman–Crippen MR) is 82.1 cm³/mol. The number of hydrogen-bond acceptors (Lipinski definition) is 2. The molecule has 2 N–H and O–H groups in total. The maximum absolute atomic E-state index is 6.19. The van der Waals surface area contributed by atoms with Gasteiger partial charge in [0.1, 0.15) is 0 Å². The van der Waals surface area contributed by atoms with Crippen molar-refractivity contribution in [1.29, 1.82) is 0 Å². The fraction of sp³-hybridized carbons (Fsp3) is 0.143. The summed E-state index contributed by atoms with van der Waals surface area (Å²) in [5.41, 5.74) is 8.74. The van der Waals surface area contributed by atoms with E-state index < -0.39 is 0 Å². The van der Waals surface area contributed by atoms with Gasteiger partial charge < -0.3 is 10.6 Å². The van der Waals surface area contributed by atoms with Crippen LogP contribution in [0.5, 0.6) is 0 Å². The van der Waals surface area contributed by atoms with E-state index in [0.717, 1.165) is 16.7 Å². The van der Waals surface area contributed by atoms with Crippen LogP contribution in [0.3, 0.4) is 0 Å². The van der Waals surface area contributed by atoms with Crippen molar-refractivity contribution >= 4 is 38.9 Å². The fourth-order valence-corrected chi connectivity index (χ4v) is 2.70. The van der Waals surface area contributed by atoms with Gasteiger partial charge in [0.05, 0.1) is 16.4 Å². The predicted octanol–water partition coefficient (Wildman–Crippen LogP) is 4.32. The van der Waals surface area contributed by atoms with Gasteiger partial charge in [-0.15, -0.1) is 0 Å². The monoisotopic (exact) mass is 324 g/mol. The largest absolute Gasteiger partial charge is 0.397 e. The molecule has 18 heavy (non-hydrogen) atoms. The van der Waals surface area contributed by atoms with Crippen molar-refractivity contribution in [3.8, 4) is 0 Å². The molecule has 0 heterocycles. The van der Waals surface area contributed by atoms with Crippen molar-refractivity contribution in [1.82, 2.24) is 0 Å². The van der Waals surface area contributed by atoms with E-state index in [4.69, 9.17) is 17.3 Å².